The van der Waals surface area contributed by atoms with Gasteiger partial charge in [-0.05, 0) is 32.0 Å². The fourth-order valence-electron chi connectivity index (χ4n) is 4.14. The summed E-state index contributed by atoms with van der Waals surface area (Å²) < 4.78 is 46.2. The molecule has 2 aliphatic heterocycles. The molecule has 3 heterocycles. The Morgan fingerprint density at radius 1 is 1.19 bits per heavy atom. The first-order chi connectivity index (χ1) is 11.9. The van der Waals surface area contributed by atoms with Crippen LogP contribution in [0.1, 0.15) is 37.0 Å². The Balaban J connectivity index is 1.97. The Morgan fingerprint density at radius 3 is 2.42 bits per heavy atom. The summed E-state index contributed by atoms with van der Waals surface area (Å²) in [6, 6.07) is 3.06. The topological polar surface area (TPSA) is 74.8 Å². The Kier molecular flexibility index (Phi) is 3.28. The normalized spacial score (nSPS) is 30.0. The number of nitrogens with zero attached hydrogens (tertiary/aromatic N) is 1. The van der Waals surface area contributed by atoms with E-state index in [1.54, 1.807) is 13.8 Å². The lowest BCUT2D eigenvalue weighted by molar-refractivity contribution is -0.137. The highest BCUT2D eigenvalue weighted by Crippen LogP contribution is 2.64. The van der Waals surface area contributed by atoms with Crippen molar-refractivity contribution in [2.24, 2.45) is 0 Å². The van der Waals surface area contributed by atoms with Gasteiger partial charge in [-0.15, -0.1) is 0 Å². The Hall–Kier alpha value is -1.90. The van der Waals surface area contributed by atoms with E-state index in [1.165, 1.54) is 6.07 Å². The zero-order valence-corrected chi connectivity index (χ0v) is 14.5. The van der Waals surface area contributed by atoms with Crippen LogP contribution >= 0.6 is 11.6 Å². The maximum atomic E-state index is 13.1. The van der Waals surface area contributed by atoms with E-state index in [0.29, 0.717) is 0 Å². The Morgan fingerprint density at radius 2 is 1.81 bits per heavy atom. The van der Waals surface area contributed by atoms with Crippen molar-refractivity contribution in [1.82, 2.24) is 4.57 Å². The van der Waals surface area contributed by atoms with Gasteiger partial charge in [0.2, 0.25) is 11.8 Å². The van der Waals surface area contributed by atoms with Gasteiger partial charge in [-0.1, -0.05) is 11.6 Å². The Labute approximate surface area is 151 Å². The smallest absolute Gasteiger partial charge is 0.417 e. The maximum absolute atomic E-state index is 13.1. The standard InChI is InChI=1S/C17H15ClF3NO4/c1-15-6-10(23)16(2,26-15)12-11(15)13(24)22(14(12)25)7-3-4-9(18)8(5-7)17(19,20)21/h3-5,10,23-25H,6H2,1-2H3/t10-,15+,16-/m1/s1. The molecule has 1 fully saturated rings. The summed E-state index contributed by atoms with van der Waals surface area (Å²) in [6.07, 6.45) is -5.41. The molecule has 2 aliphatic rings. The molecule has 0 amide bonds. The summed E-state index contributed by atoms with van der Waals surface area (Å²) in [5, 5.41) is 31.1. The Bertz CT molecular complexity index is 941. The summed E-state index contributed by atoms with van der Waals surface area (Å²) >= 11 is 5.64. The molecule has 1 aromatic carbocycles. The number of benzene rings is 1. The number of halogens is 4. The summed E-state index contributed by atoms with van der Waals surface area (Å²) in [6.45, 7) is 3.22. The second-order valence-corrected chi connectivity index (χ2v) is 7.46. The first-order valence-corrected chi connectivity index (χ1v) is 8.21. The highest BCUT2D eigenvalue weighted by molar-refractivity contribution is 6.31. The van der Waals surface area contributed by atoms with Crippen LogP contribution in [0.4, 0.5) is 13.2 Å². The number of aliphatic hydroxyl groups is 1. The van der Waals surface area contributed by atoms with E-state index in [-0.39, 0.29) is 23.2 Å². The van der Waals surface area contributed by atoms with E-state index in [2.05, 4.69) is 0 Å². The van der Waals surface area contributed by atoms with Gasteiger partial charge >= 0.3 is 6.18 Å². The van der Waals surface area contributed by atoms with Crippen LogP contribution in [0.3, 0.4) is 0 Å². The van der Waals surface area contributed by atoms with Crippen LogP contribution in [-0.2, 0) is 22.1 Å². The zero-order chi connectivity index (χ0) is 19.2. The largest absolute Gasteiger partial charge is 0.494 e. The fourth-order valence-corrected chi connectivity index (χ4v) is 4.37. The van der Waals surface area contributed by atoms with Crippen molar-refractivity contribution in [3.05, 3.63) is 39.9 Å². The third kappa shape index (κ3) is 2.00. The van der Waals surface area contributed by atoms with Gasteiger partial charge in [0.05, 0.1) is 39.1 Å². The van der Waals surface area contributed by atoms with Crippen LogP contribution in [0.2, 0.25) is 5.02 Å². The lowest BCUT2D eigenvalue weighted by Gasteiger charge is -2.25. The molecule has 0 aliphatic carbocycles. The van der Waals surface area contributed by atoms with E-state index in [0.717, 1.165) is 16.7 Å². The van der Waals surface area contributed by atoms with Gasteiger partial charge in [-0.2, -0.15) is 13.2 Å². The molecule has 2 bridgehead atoms. The predicted molar refractivity (Wildman–Crippen MR) is 85.5 cm³/mol. The molecule has 0 saturated carbocycles. The van der Waals surface area contributed by atoms with E-state index in [1.807, 2.05) is 0 Å². The number of hydrogen-bond donors (Lipinski definition) is 3. The summed E-state index contributed by atoms with van der Waals surface area (Å²) in [5.41, 5.74) is -3.04. The van der Waals surface area contributed by atoms with E-state index < -0.39 is 45.8 Å². The molecule has 3 atom stereocenters. The molecule has 26 heavy (non-hydrogen) atoms. The minimum absolute atomic E-state index is 0.104. The van der Waals surface area contributed by atoms with Crippen molar-refractivity contribution < 1.29 is 33.2 Å². The molecule has 3 N–H and O–H groups in total. The molecular weight excluding hydrogens is 375 g/mol. The van der Waals surface area contributed by atoms with Crippen LogP contribution in [-0.4, -0.2) is 26.0 Å². The second-order valence-electron chi connectivity index (χ2n) is 7.05. The van der Waals surface area contributed by atoms with Crippen LogP contribution in [0.5, 0.6) is 11.8 Å². The van der Waals surface area contributed by atoms with Crippen LogP contribution in [0, 0.1) is 0 Å². The second kappa shape index (κ2) is 4.88. The minimum Gasteiger partial charge on any atom is -0.494 e. The quantitative estimate of drug-likeness (QED) is 0.693. The van der Waals surface area contributed by atoms with E-state index in [9.17, 15) is 28.5 Å². The van der Waals surface area contributed by atoms with Crippen molar-refractivity contribution in [3.63, 3.8) is 0 Å². The lowest BCUT2D eigenvalue weighted by atomic mass is 9.78. The first-order valence-electron chi connectivity index (χ1n) is 7.83. The average Bonchev–Trinajstić information content (AvgIpc) is 3.01. The molecule has 0 spiro atoms. The van der Waals surface area contributed by atoms with Gasteiger partial charge in [0.1, 0.15) is 5.60 Å². The highest BCUT2D eigenvalue weighted by Gasteiger charge is 2.64. The molecule has 1 aromatic heterocycles. The van der Waals surface area contributed by atoms with Gasteiger partial charge in [0.15, 0.2) is 0 Å². The number of aromatic nitrogens is 1. The summed E-state index contributed by atoms with van der Waals surface area (Å²) in [7, 11) is 0. The van der Waals surface area contributed by atoms with Gasteiger partial charge in [0, 0.05) is 6.42 Å². The third-order valence-electron chi connectivity index (χ3n) is 5.32. The molecular formula is C17H15ClF3NO4. The third-order valence-corrected chi connectivity index (χ3v) is 5.65. The van der Waals surface area contributed by atoms with Crippen molar-refractivity contribution in [2.45, 2.75) is 43.8 Å². The van der Waals surface area contributed by atoms with E-state index >= 15 is 0 Å². The molecule has 1 saturated heterocycles. The molecule has 140 valence electrons. The fraction of sp³-hybridized carbons (Fsp3) is 0.412. The van der Waals surface area contributed by atoms with Crippen molar-refractivity contribution in [2.75, 3.05) is 0 Å². The predicted octanol–water partition coefficient (Wildman–Crippen LogP) is 3.79. The maximum Gasteiger partial charge on any atom is 0.417 e. The zero-order valence-electron chi connectivity index (χ0n) is 13.7. The van der Waals surface area contributed by atoms with Gasteiger partial charge < -0.3 is 20.1 Å². The van der Waals surface area contributed by atoms with Crippen LogP contribution in [0.25, 0.3) is 5.69 Å². The lowest BCUT2D eigenvalue weighted by Crippen LogP contribution is -2.32. The molecule has 0 unspecified atom stereocenters. The molecule has 0 radical (unpaired) electrons. The monoisotopic (exact) mass is 389 g/mol. The summed E-state index contributed by atoms with van der Waals surface area (Å²) in [4.78, 5) is 0. The number of fused-ring (bicyclic) bond motifs is 5. The van der Waals surface area contributed by atoms with Crippen molar-refractivity contribution >= 4 is 11.6 Å². The van der Waals surface area contributed by atoms with Gasteiger partial charge in [-0.3, -0.25) is 4.57 Å². The molecule has 4 rings (SSSR count). The number of hydrogen-bond acceptors (Lipinski definition) is 4. The average molecular weight is 390 g/mol. The molecule has 9 heteroatoms. The SMILES string of the molecule is C[C@@]12O[C@@](C)(C[C@H]1O)c1c2c(O)n(-c2ccc(Cl)c(C(F)(F)F)c2)c1O. The summed E-state index contributed by atoms with van der Waals surface area (Å²) in [5.74, 6) is -0.899. The van der Waals surface area contributed by atoms with Crippen molar-refractivity contribution in [1.29, 1.82) is 0 Å². The number of aliphatic hydroxyl groups excluding tert-OH is 1. The van der Waals surface area contributed by atoms with Gasteiger partial charge in [-0.25, -0.2) is 0 Å². The van der Waals surface area contributed by atoms with Crippen molar-refractivity contribution in [3.8, 4) is 17.4 Å². The number of aromatic hydroxyl groups is 2. The number of rotatable bonds is 1. The van der Waals surface area contributed by atoms with Gasteiger partial charge in [0.25, 0.3) is 0 Å². The number of ether oxygens (including phenoxy) is 1. The first kappa shape index (κ1) is 17.5. The highest BCUT2D eigenvalue weighted by atomic mass is 35.5. The molecule has 2 aromatic rings. The molecule has 5 nitrogen and oxygen atoms in total. The van der Waals surface area contributed by atoms with Crippen LogP contribution in [0.15, 0.2) is 18.2 Å². The van der Waals surface area contributed by atoms with Crippen LogP contribution < -0.4 is 0 Å². The number of alkyl halides is 3. The minimum atomic E-state index is -4.69. The van der Waals surface area contributed by atoms with E-state index in [4.69, 9.17) is 16.3 Å².